The Morgan fingerprint density at radius 2 is 1.43 bits per heavy atom. The van der Waals surface area contributed by atoms with E-state index in [1.54, 1.807) is 13.8 Å². The monoisotopic (exact) mass is 519 g/mol. The van der Waals surface area contributed by atoms with Gasteiger partial charge in [-0.25, -0.2) is 4.79 Å². The van der Waals surface area contributed by atoms with Crippen molar-refractivity contribution >= 4 is 47.3 Å². The second kappa shape index (κ2) is 16.7. The van der Waals surface area contributed by atoms with Gasteiger partial charge < -0.3 is 37.6 Å². The fourth-order valence-corrected chi connectivity index (χ4v) is 3.44. The summed E-state index contributed by atoms with van der Waals surface area (Å²) < 4.78 is 0. The van der Waals surface area contributed by atoms with Crippen molar-refractivity contribution in [2.75, 3.05) is 12.0 Å². The van der Waals surface area contributed by atoms with Gasteiger partial charge in [0.05, 0.1) is 6.04 Å². The van der Waals surface area contributed by atoms with Crippen LogP contribution in [0.4, 0.5) is 0 Å². The van der Waals surface area contributed by atoms with Crippen LogP contribution in [0.3, 0.4) is 0 Å². The number of carbonyl (C=O) groups excluding carboxylic acids is 4. The van der Waals surface area contributed by atoms with Crippen LogP contribution in [0.15, 0.2) is 0 Å². The zero-order chi connectivity index (χ0) is 27.1. The summed E-state index contributed by atoms with van der Waals surface area (Å²) in [6, 6.07) is -4.75. The van der Waals surface area contributed by atoms with E-state index < -0.39 is 72.1 Å². The number of carbonyl (C=O) groups is 6. The van der Waals surface area contributed by atoms with Crippen LogP contribution in [0.5, 0.6) is 0 Å². The van der Waals surface area contributed by atoms with Gasteiger partial charge in [0.25, 0.3) is 0 Å². The molecule has 0 aromatic rings. The lowest BCUT2D eigenvalue weighted by molar-refractivity contribution is -0.143. The molecule has 200 valence electrons. The first kappa shape index (κ1) is 32.1. The molecule has 0 aliphatic heterocycles. The second-order valence-corrected chi connectivity index (χ2v) is 9.14. The Morgan fingerprint density at radius 1 is 0.857 bits per heavy atom. The van der Waals surface area contributed by atoms with Gasteiger partial charge in [-0.2, -0.15) is 11.8 Å². The van der Waals surface area contributed by atoms with Gasteiger partial charge in [-0.3, -0.25) is 24.0 Å². The molecule has 5 atom stereocenters. The number of hydrogen-bond donors (Lipinski definition) is 7. The van der Waals surface area contributed by atoms with Crippen LogP contribution >= 0.6 is 11.8 Å². The summed E-state index contributed by atoms with van der Waals surface area (Å²) in [5.74, 6) is -5.34. The molecule has 0 saturated carbocycles. The molecular weight excluding hydrogens is 482 g/mol. The number of carboxylic acids is 2. The molecule has 35 heavy (non-hydrogen) atoms. The Bertz CT molecular complexity index is 766. The second-order valence-electron chi connectivity index (χ2n) is 8.16. The van der Waals surface area contributed by atoms with E-state index in [4.69, 9.17) is 16.6 Å². The molecule has 0 spiro atoms. The van der Waals surface area contributed by atoms with Crippen molar-refractivity contribution in [2.45, 2.75) is 76.5 Å². The molecule has 13 nitrogen and oxygen atoms in total. The maximum Gasteiger partial charge on any atom is 0.326 e. The average molecular weight is 520 g/mol. The summed E-state index contributed by atoms with van der Waals surface area (Å²) >= 11 is 1.50. The highest BCUT2D eigenvalue weighted by Crippen LogP contribution is 2.11. The molecular formula is C21H37N5O8S. The highest BCUT2D eigenvalue weighted by Gasteiger charge is 2.33. The van der Waals surface area contributed by atoms with E-state index in [9.17, 15) is 33.9 Å². The van der Waals surface area contributed by atoms with E-state index in [0.717, 1.165) is 0 Å². The Kier molecular flexibility index (Phi) is 15.3. The molecule has 0 aromatic heterocycles. The predicted molar refractivity (Wildman–Crippen MR) is 129 cm³/mol. The van der Waals surface area contributed by atoms with Crippen LogP contribution < -0.4 is 27.4 Å². The van der Waals surface area contributed by atoms with Crippen LogP contribution in [-0.4, -0.2) is 82.0 Å². The number of rotatable bonds is 18. The molecule has 0 fully saturated rings. The van der Waals surface area contributed by atoms with Gasteiger partial charge >= 0.3 is 11.9 Å². The molecule has 9 N–H and O–H groups in total. The maximum absolute atomic E-state index is 13.0. The summed E-state index contributed by atoms with van der Waals surface area (Å²) in [6.45, 7) is 3.42. The Labute approximate surface area is 208 Å². The summed E-state index contributed by atoms with van der Waals surface area (Å²) in [5.41, 5.74) is 11.0. The minimum atomic E-state index is -1.47. The average Bonchev–Trinajstić information content (AvgIpc) is 2.79. The highest BCUT2D eigenvalue weighted by molar-refractivity contribution is 7.98. The lowest BCUT2D eigenvalue weighted by atomic mass is 9.96. The number of amides is 4. The van der Waals surface area contributed by atoms with Gasteiger partial charge in [0.15, 0.2) is 0 Å². The van der Waals surface area contributed by atoms with Gasteiger partial charge in [-0.1, -0.05) is 20.3 Å². The third-order valence-electron chi connectivity index (χ3n) is 5.34. The lowest BCUT2D eigenvalue weighted by Crippen LogP contribution is -2.58. The van der Waals surface area contributed by atoms with Crippen molar-refractivity contribution in [3.05, 3.63) is 0 Å². The maximum atomic E-state index is 13.0. The number of nitrogens with one attached hydrogen (secondary N) is 3. The van der Waals surface area contributed by atoms with Gasteiger partial charge in [0.2, 0.25) is 23.6 Å². The van der Waals surface area contributed by atoms with E-state index in [2.05, 4.69) is 16.0 Å². The van der Waals surface area contributed by atoms with Crippen molar-refractivity contribution in [3.63, 3.8) is 0 Å². The number of aliphatic carboxylic acids is 2. The van der Waals surface area contributed by atoms with E-state index in [-0.39, 0.29) is 19.3 Å². The normalized spacial score (nSPS) is 15.1. The van der Waals surface area contributed by atoms with E-state index >= 15 is 0 Å². The first-order valence-corrected chi connectivity index (χ1v) is 12.6. The molecule has 5 unspecified atom stereocenters. The van der Waals surface area contributed by atoms with Gasteiger partial charge in [-0.15, -0.1) is 0 Å². The quantitative estimate of drug-likeness (QED) is 0.114. The van der Waals surface area contributed by atoms with Crippen LogP contribution in [0.2, 0.25) is 0 Å². The molecule has 14 heteroatoms. The minimum absolute atomic E-state index is 0.132. The summed E-state index contributed by atoms with van der Waals surface area (Å²) in [7, 11) is 0. The van der Waals surface area contributed by atoms with Crippen molar-refractivity contribution in [1.29, 1.82) is 0 Å². The predicted octanol–water partition coefficient (Wildman–Crippen LogP) is -1.22. The van der Waals surface area contributed by atoms with Gasteiger partial charge in [-0.05, 0) is 37.2 Å². The molecule has 0 radical (unpaired) electrons. The molecule has 0 aliphatic carbocycles. The Morgan fingerprint density at radius 3 is 1.91 bits per heavy atom. The van der Waals surface area contributed by atoms with Crippen LogP contribution in [-0.2, 0) is 28.8 Å². The molecule has 0 heterocycles. The Hall–Kier alpha value is -2.87. The number of primary amides is 1. The van der Waals surface area contributed by atoms with E-state index in [1.165, 1.54) is 11.8 Å². The lowest BCUT2D eigenvalue weighted by Gasteiger charge is -2.28. The van der Waals surface area contributed by atoms with Gasteiger partial charge in [0.1, 0.15) is 18.1 Å². The van der Waals surface area contributed by atoms with E-state index in [0.29, 0.717) is 18.6 Å². The minimum Gasteiger partial charge on any atom is -0.481 e. The summed E-state index contributed by atoms with van der Waals surface area (Å²) in [4.78, 5) is 71.8. The van der Waals surface area contributed by atoms with Crippen LogP contribution in [0, 0.1) is 5.92 Å². The SMILES string of the molecule is CCC(C)C(NC(=O)C(CCC(N)=O)NC(=O)C(N)CCSC)C(=O)NC(CCC(=O)O)C(=O)O. The number of thioether (sulfide) groups is 1. The zero-order valence-electron chi connectivity index (χ0n) is 20.2. The smallest absolute Gasteiger partial charge is 0.326 e. The number of carboxylic acid groups (broad SMARTS) is 2. The molecule has 0 bridgehead atoms. The molecule has 0 rings (SSSR count). The summed E-state index contributed by atoms with van der Waals surface area (Å²) in [6.07, 6.45) is 1.48. The van der Waals surface area contributed by atoms with Crippen LogP contribution in [0.1, 0.15) is 52.4 Å². The highest BCUT2D eigenvalue weighted by atomic mass is 32.2. The summed E-state index contributed by atoms with van der Waals surface area (Å²) in [5, 5.41) is 25.4. The topological polar surface area (TPSA) is 231 Å². The van der Waals surface area contributed by atoms with E-state index in [1.807, 2.05) is 6.26 Å². The van der Waals surface area contributed by atoms with Crippen molar-refractivity contribution in [3.8, 4) is 0 Å². The van der Waals surface area contributed by atoms with Crippen LogP contribution in [0.25, 0.3) is 0 Å². The molecule has 0 aromatic carbocycles. The fourth-order valence-electron chi connectivity index (χ4n) is 2.95. The van der Waals surface area contributed by atoms with Gasteiger partial charge in [0, 0.05) is 12.8 Å². The van der Waals surface area contributed by atoms with Crippen molar-refractivity contribution < 1.29 is 39.0 Å². The van der Waals surface area contributed by atoms with Crippen molar-refractivity contribution in [2.24, 2.45) is 17.4 Å². The largest absolute Gasteiger partial charge is 0.481 e. The standard InChI is InChI=1S/C21H37N5O8S/c1-4-11(2)17(20(32)25-14(21(33)34)6-8-16(28)29)26-19(31)13(5-7-15(23)27)24-18(30)12(22)9-10-35-3/h11-14,17H,4-10,22H2,1-3H3,(H2,23,27)(H,24,30)(H,25,32)(H,26,31)(H,28,29)(H,33,34). The third kappa shape index (κ3) is 13.0. The third-order valence-corrected chi connectivity index (χ3v) is 5.98. The fraction of sp³-hybridized carbons (Fsp3) is 0.714. The zero-order valence-corrected chi connectivity index (χ0v) is 21.1. The number of hydrogen-bond acceptors (Lipinski definition) is 8. The first-order valence-electron chi connectivity index (χ1n) is 11.2. The molecule has 4 amide bonds. The first-order chi connectivity index (χ1) is 16.3. The molecule has 0 aliphatic rings. The number of nitrogens with two attached hydrogens (primary N) is 2. The Balaban J connectivity index is 5.58. The molecule has 0 saturated heterocycles. The van der Waals surface area contributed by atoms with Crippen molar-refractivity contribution in [1.82, 2.24) is 16.0 Å².